The maximum Gasteiger partial charge on any atom is 0.178 e. The molecule has 0 aromatic heterocycles. The smallest absolute Gasteiger partial charge is 0.178 e. The molecule has 0 fully saturated rings. The van der Waals surface area contributed by atoms with Crippen molar-refractivity contribution >= 4 is 53.6 Å². The Kier molecular flexibility index (Phi) is 4.13. The maximum atomic E-state index is 11.7. The number of carbonyl (C=O) groups excluding carboxylic acids is 1. The van der Waals surface area contributed by atoms with E-state index in [2.05, 4.69) is 47.8 Å². The monoisotopic (exact) mass is 368 g/mol. The van der Waals surface area contributed by atoms with Crippen molar-refractivity contribution in [1.29, 1.82) is 0 Å². The van der Waals surface area contributed by atoms with Gasteiger partial charge in [0.25, 0.3) is 0 Å². The van der Waals surface area contributed by atoms with E-state index in [1.807, 2.05) is 25.1 Å². The summed E-state index contributed by atoms with van der Waals surface area (Å²) in [7, 11) is 0. The Morgan fingerprint density at radius 3 is 2.15 bits per heavy atom. The van der Waals surface area contributed by atoms with E-state index in [0.29, 0.717) is 5.56 Å². The number of halogens is 3. The van der Waals surface area contributed by atoms with Crippen LogP contribution in [-0.4, -0.2) is 10.6 Å². The second-order valence-electron chi connectivity index (χ2n) is 2.58. The third kappa shape index (κ3) is 2.64. The van der Waals surface area contributed by atoms with Gasteiger partial charge in [0, 0.05) is 14.5 Å². The Labute approximate surface area is 102 Å². The fourth-order valence-electron chi connectivity index (χ4n) is 0.932. The Bertz CT molecular complexity index is 313. The summed E-state index contributed by atoms with van der Waals surface area (Å²) in [4.78, 5) is 11.5. The van der Waals surface area contributed by atoms with Crippen LogP contribution < -0.4 is 0 Å². The summed E-state index contributed by atoms with van der Waals surface area (Å²) in [5.74, 6) is 0.0688. The van der Waals surface area contributed by atoms with Gasteiger partial charge in [-0.3, -0.25) is 4.79 Å². The summed E-state index contributed by atoms with van der Waals surface area (Å²) in [6.45, 7) is 1.81. The standard InChI is InChI=1S/C9H7Br3O/c1-5(10)9(13)8-6(11)3-2-4-7(8)12/h2-5H,1H3. The molecule has 0 bridgehead atoms. The van der Waals surface area contributed by atoms with E-state index < -0.39 is 0 Å². The number of hydrogen-bond donors (Lipinski definition) is 0. The van der Waals surface area contributed by atoms with Gasteiger partial charge < -0.3 is 0 Å². The molecule has 0 saturated carbocycles. The van der Waals surface area contributed by atoms with Gasteiger partial charge in [0.05, 0.1) is 4.83 Å². The van der Waals surface area contributed by atoms with Gasteiger partial charge in [0.2, 0.25) is 0 Å². The number of alkyl halides is 1. The van der Waals surface area contributed by atoms with Crippen LogP contribution in [0.4, 0.5) is 0 Å². The van der Waals surface area contributed by atoms with Crippen LogP contribution in [0.1, 0.15) is 17.3 Å². The zero-order valence-electron chi connectivity index (χ0n) is 6.85. The fraction of sp³-hybridized carbons (Fsp3) is 0.222. The largest absolute Gasteiger partial charge is 0.293 e. The van der Waals surface area contributed by atoms with Gasteiger partial charge in [0.15, 0.2) is 5.78 Å². The highest BCUT2D eigenvalue weighted by Gasteiger charge is 2.17. The van der Waals surface area contributed by atoms with Gasteiger partial charge in [-0.1, -0.05) is 53.9 Å². The minimum atomic E-state index is -0.164. The topological polar surface area (TPSA) is 17.1 Å². The van der Waals surface area contributed by atoms with Crippen molar-refractivity contribution in [2.24, 2.45) is 0 Å². The Balaban J connectivity index is 3.20. The first-order chi connectivity index (χ1) is 6.04. The number of hydrogen-bond acceptors (Lipinski definition) is 1. The molecule has 1 rings (SSSR count). The molecule has 0 aliphatic carbocycles. The predicted molar refractivity (Wildman–Crippen MR) is 64.6 cm³/mol. The van der Waals surface area contributed by atoms with E-state index in [1.54, 1.807) is 0 Å². The third-order valence-corrected chi connectivity index (χ3v) is 3.31. The predicted octanol–water partition coefficient (Wildman–Crippen LogP) is 4.18. The molecule has 1 nitrogen and oxygen atoms in total. The summed E-state index contributed by atoms with van der Waals surface area (Å²) in [5.41, 5.74) is 0.687. The van der Waals surface area contributed by atoms with E-state index in [4.69, 9.17) is 0 Å². The van der Waals surface area contributed by atoms with Crippen LogP contribution in [0.15, 0.2) is 27.1 Å². The lowest BCUT2D eigenvalue weighted by Gasteiger charge is -2.07. The molecule has 0 saturated heterocycles. The molecule has 0 heterocycles. The molecule has 1 atom stereocenters. The van der Waals surface area contributed by atoms with Crippen LogP contribution in [0.2, 0.25) is 0 Å². The summed E-state index contributed by atoms with van der Waals surface area (Å²) in [5, 5.41) is 0. The van der Waals surface area contributed by atoms with Crippen molar-refractivity contribution in [1.82, 2.24) is 0 Å². The minimum absolute atomic E-state index is 0.0688. The molecule has 70 valence electrons. The third-order valence-electron chi connectivity index (χ3n) is 1.57. The first-order valence-corrected chi connectivity index (χ1v) is 6.16. The molecular weight excluding hydrogens is 364 g/mol. The van der Waals surface area contributed by atoms with Crippen molar-refractivity contribution in [2.45, 2.75) is 11.8 Å². The first kappa shape index (κ1) is 11.4. The fourth-order valence-corrected chi connectivity index (χ4v) is 2.55. The van der Waals surface area contributed by atoms with Crippen molar-refractivity contribution in [3.8, 4) is 0 Å². The van der Waals surface area contributed by atoms with Gasteiger partial charge in [-0.05, 0) is 19.1 Å². The van der Waals surface area contributed by atoms with Crippen LogP contribution in [0, 0.1) is 0 Å². The van der Waals surface area contributed by atoms with Gasteiger partial charge >= 0.3 is 0 Å². The van der Waals surface area contributed by atoms with Crippen LogP contribution in [0.5, 0.6) is 0 Å². The summed E-state index contributed by atoms with van der Waals surface area (Å²) < 4.78 is 1.64. The number of rotatable bonds is 2. The van der Waals surface area contributed by atoms with Gasteiger partial charge in [-0.15, -0.1) is 0 Å². The van der Waals surface area contributed by atoms with Crippen LogP contribution in [0.25, 0.3) is 0 Å². The first-order valence-electron chi connectivity index (χ1n) is 3.66. The number of carbonyl (C=O) groups is 1. The molecule has 0 amide bonds. The molecule has 1 unspecified atom stereocenters. The number of ketones is 1. The minimum Gasteiger partial charge on any atom is -0.293 e. The lowest BCUT2D eigenvalue weighted by molar-refractivity contribution is 0.0994. The Hall–Kier alpha value is 0.330. The second-order valence-corrected chi connectivity index (χ2v) is 5.66. The maximum absolute atomic E-state index is 11.7. The van der Waals surface area contributed by atoms with E-state index in [0.717, 1.165) is 8.95 Å². The molecule has 0 spiro atoms. The molecule has 0 aliphatic rings. The highest BCUT2D eigenvalue weighted by molar-refractivity contribution is 9.11. The van der Waals surface area contributed by atoms with Gasteiger partial charge in [0.1, 0.15) is 0 Å². The second kappa shape index (κ2) is 4.71. The zero-order valence-corrected chi connectivity index (χ0v) is 11.6. The van der Waals surface area contributed by atoms with Crippen molar-refractivity contribution in [3.05, 3.63) is 32.7 Å². The molecule has 4 heteroatoms. The van der Waals surface area contributed by atoms with E-state index in [9.17, 15) is 4.79 Å². The van der Waals surface area contributed by atoms with Crippen molar-refractivity contribution in [3.63, 3.8) is 0 Å². The lowest BCUT2D eigenvalue weighted by Crippen LogP contribution is -2.11. The number of benzene rings is 1. The van der Waals surface area contributed by atoms with Gasteiger partial charge in [-0.2, -0.15) is 0 Å². The van der Waals surface area contributed by atoms with Crippen molar-refractivity contribution < 1.29 is 4.79 Å². The van der Waals surface area contributed by atoms with Crippen LogP contribution >= 0.6 is 47.8 Å². The molecule has 0 N–H and O–H groups in total. The zero-order chi connectivity index (χ0) is 10.0. The number of Topliss-reactive ketones (excluding diaryl/α,β-unsaturated/α-hetero) is 1. The van der Waals surface area contributed by atoms with Crippen LogP contribution in [-0.2, 0) is 0 Å². The Morgan fingerprint density at radius 1 is 1.31 bits per heavy atom. The Morgan fingerprint density at radius 2 is 1.77 bits per heavy atom. The molecule has 0 aliphatic heterocycles. The summed E-state index contributed by atoms with van der Waals surface area (Å²) in [6, 6.07) is 5.59. The van der Waals surface area contributed by atoms with E-state index in [1.165, 1.54) is 0 Å². The van der Waals surface area contributed by atoms with Crippen LogP contribution in [0.3, 0.4) is 0 Å². The normalized spacial score (nSPS) is 12.6. The molecule has 0 radical (unpaired) electrons. The SMILES string of the molecule is CC(Br)C(=O)c1c(Br)cccc1Br. The summed E-state index contributed by atoms with van der Waals surface area (Å²) >= 11 is 9.94. The summed E-state index contributed by atoms with van der Waals surface area (Å²) in [6.07, 6.45) is 0. The van der Waals surface area contributed by atoms with Gasteiger partial charge in [-0.25, -0.2) is 0 Å². The highest BCUT2D eigenvalue weighted by atomic mass is 79.9. The highest BCUT2D eigenvalue weighted by Crippen LogP contribution is 2.27. The quantitative estimate of drug-likeness (QED) is 0.564. The van der Waals surface area contributed by atoms with E-state index >= 15 is 0 Å². The molecule has 1 aromatic rings. The molecular formula is C9H7Br3O. The van der Waals surface area contributed by atoms with E-state index in [-0.39, 0.29) is 10.6 Å². The molecule has 1 aromatic carbocycles. The molecule has 13 heavy (non-hydrogen) atoms. The van der Waals surface area contributed by atoms with Crippen molar-refractivity contribution in [2.75, 3.05) is 0 Å². The average molecular weight is 371 g/mol. The lowest BCUT2D eigenvalue weighted by atomic mass is 10.1. The average Bonchev–Trinajstić information content (AvgIpc) is 2.03.